The standard InChI is InChI=1S/C15H9ClN2OS/c16-15-8-7-14(20-15)13(19)6-5-10-9-17-11-3-1-2-4-12(11)18-10/h1-9H/b6-5+. The fourth-order valence-electron chi connectivity index (χ4n) is 1.74. The summed E-state index contributed by atoms with van der Waals surface area (Å²) in [5, 5.41) is 0. The van der Waals surface area contributed by atoms with Crippen molar-refractivity contribution < 1.29 is 4.79 Å². The number of nitrogens with zero attached hydrogens (tertiary/aromatic N) is 2. The predicted molar refractivity (Wildman–Crippen MR) is 82.2 cm³/mol. The molecule has 0 N–H and O–H groups in total. The molecule has 3 nitrogen and oxygen atoms in total. The third kappa shape index (κ3) is 2.76. The number of fused-ring (bicyclic) bond motifs is 1. The number of benzene rings is 1. The molecule has 1 aromatic carbocycles. The number of ketones is 1. The molecular weight excluding hydrogens is 292 g/mol. The van der Waals surface area contributed by atoms with Gasteiger partial charge in [-0.25, -0.2) is 4.98 Å². The Morgan fingerprint density at radius 2 is 1.95 bits per heavy atom. The van der Waals surface area contributed by atoms with Gasteiger partial charge in [0.15, 0.2) is 5.78 Å². The second-order valence-corrected chi connectivity index (χ2v) is 5.80. The molecule has 20 heavy (non-hydrogen) atoms. The van der Waals surface area contributed by atoms with Crippen LogP contribution in [-0.4, -0.2) is 15.8 Å². The van der Waals surface area contributed by atoms with Gasteiger partial charge >= 0.3 is 0 Å². The van der Waals surface area contributed by atoms with Gasteiger partial charge in [0.1, 0.15) is 0 Å². The van der Waals surface area contributed by atoms with Crippen LogP contribution in [0.3, 0.4) is 0 Å². The molecule has 0 bridgehead atoms. The minimum absolute atomic E-state index is 0.0862. The number of hydrogen-bond donors (Lipinski definition) is 0. The molecule has 0 fully saturated rings. The van der Waals surface area contributed by atoms with Gasteiger partial charge in [-0.2, -0.15) is 0 Å². The molecule has 0 aliphatic carbocycles. The summed E-state index contributed by atoms with van der Waals surface area (Å²) in [4.78, 5) is 21.2. The summed E-state index contributed by atoms with van der Waals surface area (Å²) in [6.07, 6.45) is 4.80. The van der Waals surface area contributed by atoms with E-state index >= 15 is 0 Å². The molecule has 0 saturated heterocycles. The van der Waals surface area contributed by atoms with E-state index in [1.165, 1.54) is 17.4 Å². The van der Waals surface area contributed by atoms with Crippen LogP contribution in [0.1, 0.15) is 15.4 Å². The topological polar surface area (TPSA) is 42.9 Å². The Morgan fingerprint density at radius 1 is 1.15 bits per heavy atom. The van der Waals surface area contributed by atoms with Crippen molar-refractivity contribution in [1.82, 2.24) is 9.97 Å². The number of halogens is 1. The van der Waals surface area contributed by atoms with E-state index < -0.39 is 0 Å². The van der Waals surface area contributed by atoms with Crippen LogP contribution in [0.15, 0.2) is 48.7 Å². The Hall–Kier alpha value is -2.04. The van der Waals surface area contributed by atoms with Gasteiger partial charge in [-0.3, -0.25) is 9.78 Å². The lowest BCUT2D eigenvalue weighted by atomic mass is 10.2. The molecule has 2 heterocycles. The van der Waals surface area contributed by atoms with Gasteiger partial charge in [-0.05, 0) is 36.4 Å². The average Bonchev–Trinajstić information content (AvgIpc) is 2.91. The van der Waals surface area contributed by atoms with E-state index in [1.807, 2.05) is 24.3 Å². The smallest absolute Gasteiger partial charge is 0.195 e. The number of allylic oxidation sites excluding steroid dienone is 1. The van der Waals surface area contributed by atoms with Crippen LogP contribution in [0.5, 0.6) is 0 Å². The summed E-state index contributed by atoms with van der Waals surface area (Å²) >= 11 is 7.07. The molecule has 0 aliphatic rings. The largest absolute Gasteiger partial charge is 0.288 e. The molecule has 0 aliphatic heterocycles. The zero-order valence-corrected chi connectivity index (χ0v) is 11.9. The molecule has 3 rings (SSSR count). The number of carbonyl (C=O) groups excluding carboxylic acids is 1. The Kier molecular flexibility index (Phi) is 3.58. The van der Waals surface area contributed by atoms with Crippen LogP contribution in [0.4, 0.5) is 0 Å². The third-order valence-corrected chi connectivity index (χ3v) is 3.93. The number of thiophene rings is 1. The predicted octanol–water partition coefficient (Wildman–Crippen LogP) is 4.24. The molecule has 0 spiro atoms. The van der Waals surface area contributed by atoms with Crippen molar-refractivity contribution in [2.45, 2.75) is 0 Å². The molecule has 0 atom stereocenters. The lowest BCUT2D eigenvalue weighted by molar-refractivity contribution is 0.105. The summed E-state index contributed by atoms with van der Waals surface area (Å²) < 4.78 is 0.604. The lowest BCUT2D eigenvalue weighted by Crippen LogP contribution is -1.91. The van der Waals surface area contributed by atoms with Crippen molar-refractivity contribution in [2.24, 2.45) is 0 Å². The van der Waals surface area contributed by atoms with Gasteiger partial charge in [0.2, 0.25) is 0 Å². The maximum Gasteiger partial charge on any atom is 0.195 e. The van der Waals surface area contributed by atoms with Crippen LogP contribution in [0.25, 0.3) is 17.1 Å². The fraction of sp³-hybridized carbons (Fsp3) is 0. The van der Waals surface area contributed by atoms with E-state index in [0.29, 0.717) is 14.9 Å². The Labute approximate surface area is 124 Å². The van der Waals surface area contributed by atoms with E-state index in [4.69, 9.17) is 11.6 Å². The SMILES string of the molecule is O=C(/C=C/c1cnc2ccccc2n1)c1ccc(Cl)s1. The minimum Gasteiger partial charge on any atom is -0.288 e. The van der Waals surface area contributed by atoms with E-state index in [0.717, 1.165) is 11.0 Å². The lowest BCUT2D eigenvalue weighted by Gasteiger charge is -1.97. The van der Waals surface area contributed by atoms with Gasteiger partial charge in [-0.15, -0.1) is 11.3 Å². The van der Waals surface area contributed by atoms with Crippen LogP contribution >= 0.6 is 22.9 Å². The highest BCUT2D eigenvalue weighted by Gasteiger charge is 2.05. The van der Waals surface area contributed by atoms with Crippen LogP contribution < -0.4 is 0 Å². The van der Waals surface area contributed by atoms with Crippen molar-refractivity contribution in [3.8, 4) is 0 Å². The monoisotopic (exact) mass is 300 g/mol. The second-order valence-electron chi connectivity index (χ2n) is 4.08. The molecule has 5 heteroatoms. The van der Waals surface area contributed by atoms with Gasteiger partial charge in [0.05, 0.1) is 32.1 Å². The fourth-order valence-corrected chi connectivity index (χ4v) is 2.70. The number of hydrogen-bond acceptors (Lipinski definition) is 4. The van der Waals surface area contributed by atoms with Crippen molar-refractivity contribution in [3.63, 3.8) is 0 Å². The van der Waals surface area contributed by atoms with Crippen LogP contribution in [0, 0.1) is 0 Å². The highest BCUT2D eigenvalue weighted by atomic mass is 35.5. The number of aromatic nitrogens is 2. The van der Waals surface area contributed by atoms with E-state index in [-0.39, 0.29) is 5.78 Å². The Morgan fingerprint density at radius 3 is 2.70 bits per heavy atom. The van der Waals surface area contributed by atoms with Crippen molar-refractivity contribution in [1.29, 1.82) is 0 Å². The maximum absolute atomic E-state index is 11.9. The Balaban J connectivity index is 1.85. The first kappa shape index (κ1) is 13.0. The van der Waals surface area contributed by atoms with Gasteiger partial charge in [0, 0.05) is 0 Å². The molecule has 3 aromatic rings. The molecule has 98 valence electrons. The number of rotatable bonds is 3. The molecule has 0 radical (unpaired) electrons. The summed E-state index contributed by atoms with van der Waals surface area (Å²) in [7, 11) is 0. The van der Waals surface area contributed by atoms with Crippen molar-refractivity contribution in [3.05, 3.63) is 63.6 Å². The number of carbonyl (C=O) groups is 1. The highest BCUT2D eigenvalue weighted by molar-refractivity contribution is 7.18. The quantitative estimate of drug-likeness (QED) is 0.537. The van der Waals surface area contributed by atoms with Crippen molar-refractivity contribution >= 4 is 45.8 Å². The molecule has 0 saturated carbocycles. The van der Waals surface area contributed by atoms with Crippen LogP contribution in [-0.2, 0) is 0 Å². The average molecular weight is 301 g/mol. The Bertz CT molecular complexity index is 810. The van der Waals surface area contributed by atoms with Gasteiger partial charge in [0.25, 0.3) is 0 Å². The first-order valence-corrected chi connectivity index (χ1v) is 7.11. The third-order valence-electron chi connectivity index (χ3n) is 2.69. The minimum atomic E-state index is -0.0862. The first-order valence-electron chi connectivity index (χ1n) is 5.92. The molecule has 0 unspecified atom stereocenters. The molecular formula is C15H9ClN2OS. The zero-order chi connectivity index (χ0) is 13.9. The summed E-state index contributed by atoms with van der Waals surface area (Å²) in [5.74, 6) is -0.0862. The molecule has 0 amide bonds. The van der Waals surface area contributed by atoms with E-state index in [9.17, 15) is 4.79 Å². The highest BCUT2D eigenvalue weighted by Crippen LogP contribution is 2.22. The van der Waals surface area contributed by atoms with Gasteiger partial charge < -0.3 is 0 Å². The zero-order valence-electron chi connectivity index (χ0n) is 10.3. The van der Waals surface area contributed by atoms with E-state index in [2.05, 4.69) is 9.97 Å². The first-order chi connectivity index (χ1) is 9.72. The normalized spacial score (nSPS) is 11.2. The van der Waals surface area contributed by atoms with Crippen LogP contribution in [0.2, 0.25) is 4.34 Å². The van der Waals surface area contributed by atoms with Gasteiger partial charge in [-0.1, -0.05) is 23.7 Å². The number of para-hydroxylation sites is 2. The second kappa shape index (κ2) is 5.53. The van der Waals surface area contributed by atoms with E-state index in [1.54, 1.807) is 24.4 Å². The summed E-state index contributed by atoms with van der Waals surface area (Å²) in [5.41, 5.74) is 2.29. The maximum atomic E-state index is 11.9. The van der Waals surface area contributed by atoms with Crippen molar-refractivity contribution in [2.75, 3.05) is 0 Å². The summed E-state index contributed by atoms with van der Waals surface area (Å²) in [6, 6.07) is 11.0. The molecule has 2 aromatic heterocycles. The summed E-state index contributed by atoms with van der Waals surface area (Å²) in [6.45, 7) is 0.